The quantitative estimate of drug-likeness (QED) is 0.238. The molecule has 297 valence electrons. The zero-order valence-electron chi connectivity index (χ0n) is 34.6. The van der Waals surface area contributed by atoms with Crippen molar-refractivity contribution in [3.63, 3.8) is 0 Å². The first-order valence-corrected chi connectivity index (χ1v) is 16.9. The standard InChI is InChI=1S/3C9H7.3C6H14N.3ClH.3V/c3*1-2-5-9-7-3-6-8(9)4-1;3*1-6(2)5-7(3)4;;;;;;/h3*1-7H;3*5H2,1-4H3;3*1H;;;/q6*-1;;;;3*+2/p-3. The smallest absolute Gasteiger partial charge is 1.00 e. The Labute approximate surface area is 385 Å². The van der Waals surface area contributed by atoms with Crippen LogP contribution in [0.1, 0.15) is 41.5 Å². The molecule has 0 bridgehead atoms. The van der Waals surface area contributed by atoms with Crippen LogP contribution in [0.25, 0.3) is 32.3 Å². The minimum atomic E-state index is 0. The van der Waals surface area contributed by atoms with Gasteiger partial charge in [0, 0.05) is 0 Å². The average Bonchev–Trinajstić information content (AvgIpc) is 3.77. The van der Waals surface area contributed by atoms with E-state index in [1.165, 1.54) is 50.1 Å². The number of hydrogen-bond acceptors (Lipinski definition) is 3. The summed E-state index contributed by atoms with van der Waals surface area (Å²) in [6.07, 6.45) is 0. The topological polar surface area (TPSA) is 9.72 Å². The maximum atomic E-state index is 2.16. The van der Waals surface area contributed by atoms with Crippen LogP contribution in [0, 0.1) is 17.8 Å². The van der Waals surface area contributed by atoms with Gasteiger partial charge in [-0.3, -0.25) is 0 Å². The third kappa shape index (κ3) is 33.2. The van der Waals surface area contributed by atoms with Crippen LogP contribution < -0.4 is 37.2 Å². The minimum Gasteiger partial charge on any atom is -1.00 e. The third-order valence-corrected chi connectivity index (χ3v) is 6.54. The van der Waals surface area contributed by atoms with E-state index in [9.17, 15) is 0 Å². The Kier molecular flexibility index (Phi) is 46.7. The first-order valence-electron chi connectivity index (χ1n) is 16.9. The van der Waals surface area contributed by atoms with Gasteiger partial charge in [0.1, 0.15) is 0 Å². The molecule has 0 aliphatic heterocycles. The molecule has 3 nitrogen and oxygen atoms in total. The Morgan fingerprint density at radius 3 is 0.722 bits per heavy atom. The third-order valence-electron chi connectivity index (χ3n) is 6.54. The van der Waals surface area contributed by atoms with E-state index < -0.39 is 0 Å². The molecular weight excluding hydrogens is 842 g/mol. The fourth-order valence-electron chi connectivity index (χ4n) is 5.11. The molecule has 3 radical (unpaired) electrons. The van der Waals surface area contributed by atoms with Gasteiger partial charge in [0.25, 0.3) is 0 Å². The van der Waals surface area contributed by atoms with Gasteiger partial charge in [-0.15, -0.1) is 109 Å². The molecule has 9 heteroatoms. The molecule has 6 aromatic rings. The van der Waals surface area contributed by atoms with Gasteiger partial charge in [-0.25, -0.2) is 0 Å². The van der Waals surface area contributed by atoms with Gasteiger partial charge >= 0.3 is 55.7 Å². The molecule has 0 atom stereocenters. The van der Waals surface area contributed by atoms with Crippen molar-refractivity contribution in [1.29, 1.82) is 0 Å². The summed E-state index contributed by atoms with van der Waals surface area (Å²) >= 11 is 0. The molecule has 0 aliphatic rings. The van der Waals surface area contributed by atoms with E-state index in [0.29, 0.717) is 0 Å². The number of rotatable bonds is 6. The van der Waals surface area contributed by atoms with Crippen LogP contribution in [-0.4, -0.2) is 76.6 Å². The van der Waals surface area contributed by atoms with Crippen LogP contribution in [-0.2, 0) is 55.7 Å². The van der Waals surface area contributed by atoms with Crippen LogP contribution in [0.5, 0.6) is 0 Å². The first-order chi connectivity index (χ1) is 22.8. The van der Waals surface area contributed by atoms with Crippen molar-refractivity contribution in [2.45, 2.75) is 41.5 Å². The molecule has 0 spiro atoms. The Morgan fingerprint density at radius 1 is 0.370 bits per heavy atom. The summed E-state index contributed by atoms with van der Waals surface area (Å²) in [6, 6.07) is 44.0. The van der Waals surface area contributed by atoms with E-state index in [2.05, 4.69) is 226 Å². The van der Waals surface area contributed by atoms with Gasteiger partial charge in [-0.2, -0.15) is 94.1 Å². The number of halogens is 3. The summed E-state index contributed by atoms with van der Waals surface area (Å²) in [7, 11) is 12.5. The fourth-order valence-corrected chi connectivity index (χ4v) is 5.11. The second-order valence-electron chi connectivity index (χ2n) is 13.8. The SMILES string of the molecule is C[C-](C)CN(C)C.C[C-](C)CN(C)C.C[C-](C)CN(C)C.[Cl-].[Cl-].[Cl-].[V+2].[V+2].[V+2].c1ccc2[cH-]ccc2c1.c1ccc2[cH-]ccc2c1.c1ccc2[cH-]ccc2c1. The van der Waals surface area contributed by atoms with E-state index >= 15 is 0 Å². The molecule has 0 N–H and O–H groups in total. The summed E-state index contributed by atoms with van der Waals surface area (Å²) in [5.41, 5.74) is 0. The molecule has 0 fully saturated rings. The van der Waals surface area contributed by atoms with Crippen molar-refractivity contribution in [3.05, 3.63) is 145 Å². The summed E-state index contributed by atoms with van der Waals surface area (Å²) in [5, 5.41) is 7.99. The summed E-state index contributed by atoms with van der Waals surface area (Å²) < 4.78 is 0. The van der Waals surface area contributed by atoms with E-state index in [1.54, 1.807) is 0 Å². The van der Waals surface area contributed by atoms with Crippen LogP contribution >= 0.6 is 0 Å². The molecule has 6 rings (SSSR count). The molecule has 0 saturated heterocycles. The van der Waals surface area contributed by atoms with Crippen molar-refractivity contribution in [2.75, 3.05) is 61.9 Å². The average molecular weight is 905 g/mol. The van der Waals surface area contributed by atoms with E-state index in [4.69, 9.17) is 0 Å². The van der Waals surface area contributed by atoms with Crippen LogP contribution in [0.4, 0.5) is 0 Å². The number of nitrogens with zero attached hydrogens (tertiary/aromatic N) is 3. The van der Waals surface area contributed by atoms with Gasteiger partial charge in [0.2, 0.25) is 0 Å². The van der Waals surface area contributed by atoms with Gasteiger partial charge in [-0.1, -0.05) is 18.2 Å². The van der Waals surface area contributed by atoms with E-state index in [-0.39, 0.29) is 92.9 Å². The molecular formula is C45H63Cl3N3V3-3. The van der Waals surface area contributed by atoms with E-state index in [0.717, 1.165) is 19.6 Å². The van der Waals surface area contributed by atoms with Crippen molar-refractivity contribution in [2.24, 2.45) is 0 Å². The van der Waals surface area contributed by atoms with Crippen LogP contribution in [0.3, 0.4) is 0 Å². The Bertz CT molecular complexity index is 1310. The minimum absolute atomic E-state index is 0. The van der Waals surface area contributed by atoms with Crippen molar-refractivity contribution >= 4 is 32.3 Å². The molecule has 54 heavy (non-hydrogen) atoms. The van der Waals surface area contributed by atoms with Gasteiger partial charge in [0.15, 0.2) is 0 Å². The second-order valence-corrected chi connectivity index (χ2v) is 13.8. The monoisotopic (exact) mass is 903 g/mol. The number of benzene rings is 3. The number of fused-ring (bicyclic) bond motifs is 3. The van der Waals surface area contributed by atoms with Gasteiger partial charge in [-0.05, 0) is 42.3 Å². The predicted molar refractivity (Wildman–Crippen MR) is 218 cm³/mol. The molecule has 0 unspecified atom stereocenters. The Hall–Kier alpha value is -1.01. The molecule has 0 aromatic heterocycles. The Morgan fingerprint density at radius 2 is 0.574 bits per heavy atom. The number of hydrogen-bond donors (Lipinski definition) is 0. The molecule has 0 amide bonds. The normalized spacial score (nSPS) is 9.44. The summed E-state index contributed by atoms with van der Waals surface area (Å²) in [4.78, 5) is 6.49. The molecule has 0 aliphatic carbocycles. The van der Waals surface area contributed by atoms with Crippen LogP contribution in [0.2, 0.25) is 0 Å². The first kappa shape index (κ1) is 64.9. The van der Waals surface area contributed by atoms with Crippen molar-refractivity contribution in [3.8, 4) is 0 Å². The van der Waals surface area contributed by atoms with E-state index in [1.807, 2.05) is 0 Å². The van der Waals surface area contributed by atoms with Gasteiger partial charge in [0.05, 0.1) is 0 Å². The zero-order chi connectivity index (χ0) is 35.9. The fraction of sp³-hybridized carbons (Fsp3) is 0.333. The maximum absolute atomic E-state index is 2.16. The molecule has 0 saturated carbocycles. The molecule has 6 aromatic carbocycles. The van der Waals surface area contributed by atoms with Crippen molar-refractivity contribution < 1.29 is 92.9 Å². The van der Waals surface area contributed by atoms with Crippen molar-refractivity contribution in [1.82, 2.24) is 14.7 Å². The van der Waals surface area contributed by atoms with Crippen LogP contribution in [0.15, 0.2) is 127 Å². The molecule has 0 heterocycles. The zero-order valence-corrected chi connectivity index (χ0v) is 41.0. The summed E-state index contributed by atoms with van der Waals surface area (Å²) in [5.74, 6) is 4.39. The Balaban J connectivity index is -0.000000126. The largest absolute Gasteiger partial charge is 2.00 e. The predicted octanol–water partition coefficient (Wildman–Crippen LogP) is 2.17. The maximum Gasteiger partial charge on any atom is 2.00 e. The second kappa shape index (κ2) is 38.8. The summed E-state index contributed by atoms with van der Waals surface area (Å²) in [6.45, 7) is 16.2. The van der Waals surface area contributed by atoms with Gasteiger partial charge < -0.3 is 69.7 Å².